The number of rotatable bonds is 5. The predicted octanol–water partition coefficient (Wildman–Crippen LogP) is 12.3. The molecule has 0 fully saturated rings. The minimum absolute atomic E-state index is 0.630. The van der Waals surface area contributed by atoms with Gasteiger partial charge in [0.05, 0.1) is 22.5 Å². The van der Waals surface area contributed by atoms with E-state index in [1.54, 1.807) is 0 Å². The van der Waals surface area contributed by atoms with Crippen molar-refractivity contribution in [1.82, 2.24) is 9.97 Å². The van der Waals surface area contributed by atoms with E-state index in [1.807, 2.05) is 36.9 Å². The van der Waals surface area contributed by atoms with Crippen molar-refractivity contribution in [2.75, 3.05) is 4.90 Å². The second kappa shape index (κ2) is 12.2. The Morgan fingerprint density at radius 1 is 0.365 bits per heavy atom. The number of aromatic nitrogens is 2. The maximum Gasteiger partial charge on any atom is 0.0742 e. The maximum absolute atomic E-state index is 4.61. The van der Waals surface area contributed by atoms with Crippen LogP contribution in [0.5, 0.6) is 0 Å². The number of fused-ring (bicyclic) bond motifs is 6. The number of hydrogen-bond donors (Lipinski definition) is 0. The molecule has 1 aliphatic heterocycles. The Morgan fingerprint density at radius 3 is 1.29 bits per heavy atom. The van der Waals surface area contributed by atoms with Gasteiger partial charge < -0.3 is 4.90 Å². The van der Waals surface area contributed by atoms with E-state index in [0.29, 0.717) is 0 Å². The van der Waals surface area contributed by atoms with Crippen LogP contribution in [0.1, 0.15) is 22.3 Å². The van der Waals surface area contributed by atoms with E-state index in [-0.39, 0.29) is 0 Å². The first-order valence-electron chi connectivity index (χ1n) is 17.7. The quantitative estimate of drug-likeness (QED) is 0.183. The molecule has 2 aromatic heterocycles. The van der Waals surface area contributed by atoms with E-state index in [4.69, 9.17) is 0 Å². The number of hydrogen-bond acceptors (Lipinski definition) is 3. The van der Waals surface area contributed by atoms with Crippen LogP contribution in [0.4, 0.5) is 17.1 Å². The molecule has 0 saturated heterocycles. The minimum Gasteiger partial charge on any atom is -0.307 e. The molecule has 3 heterocycles. The second-order valence-electron chi connectivity index (χ2n) is 13.4. The van der Waals surface area contributed by atoms with Gasteiger partial charge in [-0.25, -0.2) is 0 Å². The number of pyridine rings is 2. The lowest BCUT2D eigenvalue weighted by Gasteiger charge is -2.48. The Bertz CT molecular complexity index is 2540. The highest BCUT2D eigenvalue weighted by molar-refractivity contribution is 6.13. The van der Waals surface area contributed by atoms with Crippen LogP contribution < -0.4 is 4.90 Å². The third kappa shape index (κ3) is 4.46. The van der Waals surface area contributed by atoms with Crippen LogP contribution in [-0.4, -0.2) is 9.97 Å². The summed E-state index contributed by atoms with van der Waals surface area (Å²) in [5.41, 5.74) is 12.0. The van der Waals surface area contributed by atoms with Gasteiger partial charge in [-0.1, -0.05) is 164 Å². The molecule has 0 bridgehead atoms. The average molecular weight is 664 g/mol. The molecule has 0 aliphatic carbocycles. The molecule has 9 aromatic rings. The zero-order valence-corrected chi connectivity index (χ0v) is 28.4. The van der Waals surface area contributed by atoms with Gasteiger partial charge in [-0.3, -0.25) is 9.97 Å². The van der Waals surface area contributed by atoms with Crippen LogP contribution in [0.15, 0.2) is 201 Å². The van der Waals surface area contributed by atoms with Gasteiger partial charge in [-0.05, 0) is 45.2 Å². The maximum atomic E-state index is 4.61. The standard InChI is InChI=1S/C49H33N3/c1-3-18-38(19-4-1)49(39-20-5-2-6-21-39)44-28-26-34-14-7-9-22-40(34)47(44)52(48-41-23-10-8-15-35(41)27-29-45(48)49)46-42(36-16-12-30-50-32-36)24-11-25-43(46)37-17-13-31-51-33-37/h1-33H. The molecule has 0 atom stereocenters. The van der Waals surface area contributed by atoms with Crippen LogP contribution in [0, 0.1) is 0 Å². The van der Waals surface area contributed by atoms with E-state index in [2.05, 4.69) is 179 Å². The molecular weight excluding hydrogens is 631 g/mol. The summed E-state index contributed by atoms with van der Waals surface area (Å²) >= 11 is 0. The Balaban J connectivity index is 1.47. The first-order chi connectivity index (χ1) is 25.8. The van der Waals surface area contributed by atoms with Crippen molar-refractivity contribution in [2.45, 2.75) is 5.41 Å². The minimum atomic E-state index is -0.630. The third-order valence-corrected chi connectivity index (χ3v) is 10.7. The molecule has 0 radical (unpaired) electrons. The molecule has 0 amide bonds. The predicted molar refractivity (Wildman–Crippen MR) is 214 cm³/mol. The zero-order valence-electron chi connectivity index (χ0n) is 28.4. The largest absolute Gasteiger partial charge is 0.307 e. The molecule has 0 saturated carbocycles. The van der Waals surface area contributed by atoms with Crippen LogP contribution in [0.3, 0.4) is 0 Å². The monoisotopic (exact) mass is 663 g/mol. The van der Waals surface area contributed by atoms with Crippen molar-refractivity contribution in [1.29, 1.82) is 0 Å². The van der Waals surface area contributed by atoms with E-state index >= 15 is 0 Å². The van der Waals surface area contributed by atoms with Gasteiger partial charge in [-0.2, -0.15) is 0 Å². The molecule has 0 spiro atoms. The summed E-state index contributed by atoms with van der Waals surface area (Å²) in [5.74, 6) is 0. The molecule has 52 heavy (non-hydrogen) atoms. The van der Waals surface area contributed by atoms with Gasteiger partial charge in [0.15, 0.2) is 0 Å². The molecule has 3 heteroatoms. The molecule has 0 N–H and O–H groups in total. The Kier molecular flexibility index (Phi) is 7.04. The lowest BCUT2D eigenvalue weighted by molar-refractivity contribution is 0.735. The number of benzene rings is 7. The topological polar surface area (TPSA) is 29.0 Å². The molecule has 244 valence electrons. The van der Waals surface area contributed by atoms with Gasteiger partial charge in [0.1, 0.15) is 0 Å². The highest BCUT2D eigenvalue weighted by Gasteiger charge is 2.48. The van der Waals surface area contributed by atoms with Gasteiger partial charge in [-0.15, -0.1) is 0 Å². The van der Waals surface area contributed by atoms with Crippen molar-refractivity contribution in [3.8, 4) is 22.3 Å². The van der Waals surface area contributed by atoms with Gasteiger partial charge in [0.25, 0.3) is 0 Å². The Hall–Kier alpha value is -6.84. The first kappa shape index (κ1) is 30.0. The highest BCUT2D eigenvalue weighted by atomic mass is 15.2. The fourth-order valence-electron chi connectivity index (χ4n) is 8.54. The van der Waals surface area contributed by atoms with Crippen molar-refractivity contribution >= 4 is 38.6 Å². The van der Waals surface area contributed by atoms with Crippen molar-refractivity contribution in [2.24, 2.45) is 0 Å². The first-order valence-corrected chi connectivity index (χ1v) is 17.7. The van der Waals surface area contributed by atoms with E-state index in [9.17, 15) is 0 Å². The fraction of sp³-hybridized carbons (Fsp3) is 0.0204. The summed E-state index contributed by atoms with van der Waals surface area (Å²) in [6.07, 6.45) is 7.63. The number of nitrogens with zero attached hydrogens (tertiary/aromatic N) is 3. The fourth-order valence-corrected chi connectivity index (χ4v) is 8.54. The molecule has 1 aliphatic rings. The number of anilines is 3. The van der Waals surface area contributed by atoms with E-state index in [1.165, 1.54) is 43.8 Å². The Morgan fingerprint density at radius 2 is 0.827 bits per heavy atom. The summed E-state index contributed by atoms with van der Waals surface area (Å²) < 4.78 is 0. The molecular formula is C49H33N3. The van der Waals surface area contributed by atoms with Crippen molar-refractivity contribution in [3.05, 3.63) is 223 Å². The molecule has 7 aromatic carbocycles. The van der Waals surface area contributed by atoms with Crippen LogP contribution in [-0.2, 0) is 5.41 Å². The summed E-state index contributed by atoms with van der Waals surface area (Å²) in [6.45, 7) is 0. The summed E-state index contributed by atoms with van der Waals surface area (Å²) in [6, 6.07) is 64.1. The van der Waals surface area contributed by atoms with Crippen LogP contribution in [0.25, 0.3) is 43.8 Å². The van der Waals surface area contributed by atoms with Crippen LogP contribution >= 0.6 is 0 Å². The molecule has 3 nitrogen and oxygen atoms in total. The SMILES string of the molecule is c1ccc(C2(c3ccccc3)c3ccc4ccccc4c3N(c3c(-c4cccnc4)cccc3-c3cccnc3)c3c2ccc2ccccc32)cc1. The van der Waals surface area contributed by atoms with Gasteiger partial charge in [0.2, 0.25) is 0 Å². The zero-order chi connectivity index (χ0) is 34.5. The lowest BCUT2D eigenvalue weighted by Crippen LogP contribution is -2.38. The Labute approximate surface area is 303 Å². The highest BCUT2D eigenvalue weighted by Crippen LogP contribution is 2.62. The van der Waals surface area contributed by atoms with E-state index < -0.39 is 5.41 Å². The molecule has 10 rings (SSSR count). The van der Waals surface area contributed by atoms with Gasteiger partial charge >= 0.3 is 0 Å². The lowest BCUT2D eigenvalue weighted by atomic mass is 9.61. The number of para-hydroxylation sites is 1. The normalized spacial score (nSPS) is 13.1. The van der Waals surface area contributed by atoms with Crippen molar-refractivity contribution in [3.63, 3.8) is 0 Å². The second-order valence-corrected chi connectivity index (χ2v) is 13.4. The summed E-state index contributed by atoms with van der Waals surface area (Å²) in [4.78, 5) is 11.8. The summed E-state index contributed by atoms with van der Waals surface area (Å²) in [5, 5.41) is 4.75. The average Bonchev–Trinajstić information content (AvgIpc) is 3.23. The summed E-state index contributed by atoms with van der Waals surface area (Å²) in [7, 11) is 0. The smallest absolute Gasteiger partial charge is 0.0742 e. The van der Waals surface area contributed by atoms with Crippen LogP contribution in [0.2, 0.25) is 0 Å². The van der Waals surface area contributed by atoms with E-state index in [0.717, 1.165) is 39.3 Å². The third-order valence-electron chi connectivity index (χ3n) is 10.7. The van der Waals surface area contributed by atoms with Crippen molar-refractivity contribution < 1.29 is 0 Å². The molecule has 0 unspecified atom stereocenters. The van der Waals surface area contributed by atoms with Gasteiger partial charge in [0, 0.05) is 57.8 Å².